The maximum atomic E-state index is 12.8. The monoisotopic (exact) mass is 427 g/mol. The van der Waals surface area contributed by atoms with Gasteiger partial charge < -0.3 is 9.80 Å². The minimum absolute atomic E-state index is 0.111. The van der Waals surface area contributed by atoms with Crippen molar-refractivity contribution in [2.45, 2.75) is 24.7 Å². The highest BCUT2D eigenvalue weighted by Crippen LogP contribution is 2.23. The van der Waals surface area contributed by atoms with E-state index in [1.165, 1.54) is 4.31 Å². The van der Waals surface area contributed by atoms with Crippen LogP contribution in [0.2, 0.25) is 0 Å². The number of benzene rings is 2. The summed E-state index contributed by atoms with van der Waals surface area (Å²) in [4.78, 5) is 28.4. The van der Waals surface area contributed by atoms with Gasteiger partial charge in [0, 0.05) is 50.4 Å². The second-order valence-electron chi connectivity index (χ2n) is 7.71. The first-order valence-corrected chi connectivity index (χ1v) is 11.6. The van der Waals surface area contributed by atoms with E-state index in [9.17, 15) is 18.0 Å². The molecule has 2 aromatic rings. The van der Waals surface area contributed by atoms with E-state index in [-0.39, 0.29) is 29.8 Å². The number of carbonyl (C=O) groups is 2. The van der Waals surface area contributed by atoms with Crippen molar-refractivity contribution in [1.29, 1.82) is 0 Å². The number of sulfonamides is 1. The van der Waals surface area contributed by atoms with E-state index >= 15 is 0 Å². The van der Waals surface area contributed by atoms with Crippen LogP contribution in [0.3, 0.4) is 0 Å². The van der Waals surface area contributed by atoms with E-state index in [4.69, 9.17) is 0 Å². The molecule has 2 saturated heterocycles. The Hall–Kier alpha value is -2.71. The molecule has 4 rings (SSSR count). The van der Waals surface area contributed by atoms with E-state index in [1.54, 1.807) is 58.3 Å². The molecule has 2 aliphatic heterocycles. The van der Waals surface area contributed by atoms with Crippen LogP contribution >= 0.6 is 0 Å². The maximum Gasteiger partial charge on any atom is 0.253 e. The average molecular weight is 428 g/mol. The van der Waals surface area contributed by atoms with Crippen LogP contribution in [0.1, 0.15) is 28.8 Å². The maximum absolute atomic E-state index is 12.8. The molecular formula is C22H25N3O4S. The molecule has 2 heterocycles. The smallest absolute Gasteiger partial charge is 0.253 e. The van der Waals surface area contributed by atoms with E-state index in [0.717, 1.165) is 17.7 Å². The largest absolute Gasteiger partial charge is 0.336 e. The first kappa shape index (κ1) is 20.6. The Morgan fingerprint density at radius 3 is 2.07 bits per heavy atom. The Bertz CT molecular complexity index is 1040. The molecule has 7 nitrogen and oxygen atoms in total. The highest BCUT2D eigenvalue weighted by atomic mass is 32.2. The van der Waals surface area contributed by atoms with Crippen molar-refractivity contribution in [2.75, 3.05) is 37.6 Å². The van der Waals surface area contributed by atoms with E-state index in [1.807, 2.05) is 6.92 Å². The topological polar surface area (TPSA) is 78.0 Å². The summed E-state index contributed by atoms with van der Waals surface area (Å²) in [5.74, 6) is -0.0123. The average Bonchev–Trinajstić information content (AvgIpc) is 3.19. The number of amides is 2. The summed E-state index contributed by atoms with van der Waals surface area (Å²) in [6.45, 7) is 3.84. The highest BCUT2D eigenvalue weighted by Gasteiger charge is 2.30. The van der Waals surface area contributed by atoms with Crippen molar-refractivity contribution >= 4 is 27.5 Å². The zero-order valence-electron chi connectivity index (χ0n) is 17.0. The first-order chi connectivity index (χ1) is 14.4. The fraction of sp³-hybridized carbons (Fsp3) is 0.364. The Labute approximate surface area is 176 Å². The molecule has 30 heavy (non-hydrogen) atoms. The van der Waals surface area contributed by atoms with E-state index < -0.39 is 10.0 Å². The number of piperazine rings is 1. The van der Waals surface area contributed by atoms with Crippen molar-refractivity contribution in [3.8, 4) is 0 Å². The number of hydrogen-bond donors (Lipinski definition) is 0. The Morgan fingerprint density at radius 1 is 0.867 bits per heavy atom. The predicted molar refractivity (Wildman–Crippen MR) is 114 cm³/mol. The summed E-state index contributed by atoms with van der Waals surface area (Å²) in [7, 11) is -3.55. The molecule has 0 bridgehead atoms. The second-order valence-corrected chi connectivity index (χ2v) is 9.64. The fourth-order valence-corrected chi connectivity index (χ4v) is 5.30. The van der Waals surface area contributed by atoms with Crippen LogP contribution in [0, 0.1) is 6.92 Å². The minimum atomic E-state index is -3.55. The van der Waals surface area contributed by atoms with Gasteiger partial charge in [-0.3, -0.25) is 9.59 Å². The molecule has 0 radical (unpaired) electrons. The standard InChI is InChI=1S/C22H25N3O4S/c1-17-4-10-20(11-5-17)30(28,29)24-15-13-23(14-16-24)22(27)18-6-8-19(9-7-18)25-12-2-3-21(25)26/h4-11H,2-3,12-16H2,1H3. The summed E-state index contributed by atoms with van der Waals surface area (Å²) in [5, 5.41) is 0. The Kier molecular flexibility index (Phi) is 5.62. The third-order valence-corrected chi connectivity index (χ3v) is 7.60. The molecule has 2 amide bonds. The van der Waals surface area contributed by atoms with Gasteiger partial charge in [-0.2, -0.15) is 4.31 Å². The Balaban J connectivity index is 1.39. The van der Waals surface area contributed by atoms with Gasteiger partial charge in [0.1, 0.15) is 0 Å². The fourth-order valence-electron chi connectivity index (χ4n) is 3.88. The number of anilines is 1. The third kappa shape index (κ3) is 3.97. The third-order valence-electron chi connectivity index (χ3n) is 5.68. The zero-order valence-corrected chi connectivity index (χ0v) is 17.8. The zero-order chi connectivity index (χ0) is 21.3. The number of nitrogens with zero attached hydrogens (tertiary/aromatic N) is 3. The second kappa shape index (κ2) is 8.20. The molecule has 0 saturated carbocycles. The van der Waals surface area contributed by atoms with Gasteiger partial charge in [-0.1, -0.05) is 17.7 Å². The molecule has 0 spiro atoms. The first-order valence-electron chi connectivity index (χ1n) is 10.1. The van der Waals surface area contributed by atoms with Crippen molar-refractivity contribution in [3.05, 3.63) is 59.7 Å². The predicted octanol–water partition coefficient (Wildman–Crippen LogP) is 2.27. The summed E-state index contributed by atoms with van der Waals surface area (Å²) in [6, 6.07) is 13.9. The summed E-state index contributed by atoms with van der Waals surface area (Å²) < 4.78 is 27.1. The van der Waals surface area contributed by atoms with Gasteiger partial charge in [-0.05, 0) is 49.7 Å². The normalized spacial score (nSPS) is 18.1. The minimum Gasteiger partial charge on any atom is -0.336 e. The number of aryl methyl sites for hydroxylation is 1. The van der Waals surface area contributed by atoms with Gasteiger partial charge >= 0.3 is 0 Å². The quantitative estimate of drug-likeness (QED) is 0.750. The molecule has 2 fully saturated rings. The van der Waals surface area contributed by atoms with Gasteiger partial charge in [-0.25, -0.2) is 8.42 Å². The molecule has 0 N–H and O–H groups in total. The van der Waals surface area contributed by atoms with E-state index in [2.05, 4.69) is 0 Å². The molecule has 0 atom stereocenters. The van der Waals surface area contributed by atoms with Crippen LogP contribution in [0.15, 0.2) is 53.4 Å². The molecule has 2 aromatic carbocycles. The molecule has 0 aliphatic carbocycles. The van der Waals surface area contributed by atoms with Gasteiger partial charge in [0.15, 0.2) is 0 Å². The SMILES string of the molecule is Cc1ccc(S(=O)(=O)N2CCN(C(=O)c3ccc(N4CCCC4=O)cc3)CC2)cc1. The van der Waals surface area contributed by atoms with Crippen molar-refractivity contribution in [2.24, 2.45) is 0 Å². The van der Waals surface area contributed by atoms with Gasteiger partial charge in [0.05, 0.1) is 4.90 Å². The molecule has 158 valence electrons. The van der Waals surface area contributed by atoms with Crippen LogP contribution in [0.25, 0.3) is 0 Å². The number of hydrogen-bond acceptors (Lipinski definition) is 4. The van der Waals surface area contributed by atoms with Crippen molar-refractivity contribution in [3.63, 3.8) is 0 Å². The number of carbonyl (C=O) groups excluding carboxylic acids is 2. The Morgan fingerprint density at radius 2 is 1.50 bits per heavy atom. The van der Waals surface area contributed by atoms with Crippen LogP contribution < -0.4 is 4.90 Å². The summed E-state index contributed by atoms with van der Waals surface area (Å²) in [6.07, 6.45) is 1.42. The molecule has 0 unspecified atom stereocenters. The molecule has 2 aliphatic rings. The van der Waals surface area contributed by atoms with Crippen molar-refractivity contribution in [1.82, 2.24) is 9.21 Å². The van der Waals surface area contributed by atoms with Crippen LogP contribution in [-0.4, -0.2) is 62.2 Å². The lowest BCUT2D eigenvalue weighted by Gasteiger charge is -2.34. The molecule has 8 heteroatoms. The molecular weight excluding hydrogens is 402 g/mol. The van der Waals surface area contributed by atoms with Crippen molar-refractivity contribution < 1.29 is 18.0 Å². The molecule has 0 aromatic heterocycles. The van der Waals surface area contributed by atoms with Gasteiger partial charge in [-0.15, -0.1) is 0 Å². The lowest BCUT2D eigenvalue weighted by Crippen LogP contribution is -2.50. The van der Waals surface area contributed by atoms with E-state index in [0.29, 0.717) is 31.6 Å². The van der Waals surface area contributed by atoms with Gasteiger partial charge in [0.25, 0.3) is 5.91 Å². The summed E-state index contributed by atoms with van der Waals surface area (Å²) >= 11 is 0. The van der Waals surface area contributed by atoms with Crippen LogP contribution in [0.4, 0.5) is 5.69 Å². The summed E-state index contributed by atoms with van der Waals surface area (Å²) in [5.41, 5.74) is 2.35. The van der Waals surface area contributed by atoms with Gasteiger partial charge in [0.2, 0.25) is 15.9 Å². The van der Waals surface area contributed by atoms with Crippen LogP contribution in [0.5, 0.6) is 0 Å². The lowest BCUT2D eigenvalue weighted by atomic mass is 10.1. The number of rotatable bonds is 4. The highest BCUT2D eigenvalue weighted by molar-refractivity contribution is 7.89. The lowest BCUT2D eigenvalue weighted by molar-refractivity contribution is -0.117. The van der Waals surface area contributed by atoms with Crippen LogP contribution in [-0.2, 0) is 14.8 Å².